The molecule has 0 aromatic carbocycles. The number of nitrogens with zero attached hydrogens (tertiary/aromatic N) is 3. The number of hydrogen-bond acceptors (Lipinski definition) is 6. The van der Waals surface area contributed by atoms with E-state index in [4.69, 9.17) is 14.2 Å². The number of aromatic nitrogens is 3. The lowest BCUT2D eigenvalue weighted by molar-refractivity contribution is -0.209. The second-order valence-electron chi connectivity index (χ2n) is 6.72. The Balaban J connectivity index is 1.84. The highest BCUT2D eigenvalue weighted by atomic mass is 16.8. The highest BCUT2D eigenvalue weighted by Crippen LogP contribution is 2.51. The number of aryl methyl sites for hydroxylation is 1. The Morgan fingerprint density at radius 1 is 1.42 bits per heavy atom. The predicted octanol–water partition coefficient (Wildman–Crippen LogP) is 1.71. The summed E-state index contributed by atoms with van der Waals surface area (Å²) in [7, 11) is 0. The maximum atomic E-state index is 9.81. The second kappa shape index (κ2) is 5.10. The minimum absolute atomic E-state index is 0.189. The van der Waals surface area contributed by atoms with Crippen LogP contribution in [0.3, 0.4) is 0 Å². The number of aliphatic hydroxyl groups excluding tert-OH is 1. The first-order valence-electron chi connectivity index (χ1n) is 7.98. The van der Waals surface area contributed by atoms with Gasteiger partial charge < -0.3 is 23.9 Å². The third-order valence-electron chi connectivity index (χ3n) is 4.81. The van der Waals surface area contributed by atoms with Crippen molar-refractivity contribution < 1.29 is 19.3 Å². The van der Waals surface area contributed by atoms with Crippen LogP contribution in [0.1, 0.15) is 25.8 Å². The van der Waals surface area contributed by atoms with E-state index in [-0.39, 0.29) is 6.61 Å². The molecule has 0 bridgehead atoms. The molecule has 2 aliphatic rings. The number of rotatable bonds is 3. The van der Waals surface area contributed by atoms with Gasteiger partial charge in [0.15, 0.2) is 12.0 Å². The van der Waals surface area contributed by atoms with E-state index in [2.05, 4.69) is 16.5 Å². The number of ether oxygens (including phenoxy) is 3. The number of fused-ring (bicyclic) bond motifs is 2. The van der Waals surface area contributed by atoms with Gasteiger partial charge in [-0.05, 0) is 26.8 Å². The zero-order chi connectivity index (χ0) is 17.1. The van der Waals surface area contributed by atoms with Crippen molar-refractivity contribution in [3.63, 3.8) is 0 Å². The molecule has 4 atom stereocenters. The largest absolute Gasteiger partial charge is 0.394 e. The maximum absolute atomic E-state index is 9.81. The third-order valence-corrected chi connectivity index (χ3v) is 4.81. The van der Waals surface area contributed by atoms with Crippen LogP contribution >= 0.6 is 0 Å². The molecule has 2 aromatic rings. The van der Waals surface area contributed by atoms with Crippen molar-refractivity contribution in [1.82, 2.24) is 14.5 Å². The van der Waals surface area contributed by atoms with E-state index in [0.29, 0.717) is 0 Å². The lowest BCUT2D eigenvalue weighted by Gasteiger charge is -2.28. The van der Waals surface area contributed by atoms with Gasteiger partial charge in [-0.25, -0.2) is 9.97 Å². The van der Waals surface area contributed by atoms with Gasteiger partial charge in [-0.3, -0.25) is 0 Å². The average molecular weight is 331 g/mol. The van der Waals surface area contributed by atoms with Crippen LogP contribution in [0.25, 0.3) is 11.0 Å². The van der Waals surface area contributed by atoms with Gasteiger partial charge in [0, 0.05) is 11.6 Å². The Labute approximate surface area is 139 Å². The summed E-state index contributed by atoms with van der Waals surface area (Å²) in [5.74, 6) is -0.790. The molecule has 1 N–H and O–H groups in total. The monoisotopic (exact) mass is 331 g/mol. The van der Waals surface area contributed by atoms with Crippen LogP contribution in [-0.2, 0) is 14.2 Å². The van der Waals surface area contributed by atoms with Crippen LogP contribution in [0.5, 0.6) is 0 Å². The lowest BCUT2D eigenvalue weighted by Crippen LogP contribution is -2.46. The fourth-order valence-electron chi connectivity index (χ4n) is 3.77. The molecule has 2 aromatic heterocycles. The summed E-state index contributed by atoms with van der Waals surface area (Å²) >= 11 is 0. The van der Waals surface area contributed by atoms with Gasteiger partial charge in [0.05, 0.1) is 12.3 Å². The highest BCUT2D eigenvalue weighted by molar-refractivity contribution is 5.78. The summed E-state index contributed by atoms with van der Waals surface area (Å²) in [6.07, 6.45) is 3.64. The zero-order valence-corrected chi connectivity index (χ0v) is 14.0. The summed E-state index contributed by atoms with van der Waals surface area (Å²) in [4.78, 5) is 8.60. The normalized spacial score (nSPS) is 34.6. The molecule has 0 spiro atoms. The average Bonchev–Trinajstić information content (AvgIpc) is 3.16. The van der Waals surface area contributed by atoms with E-state index < -0.39 is 29.8 Å². The van der Waals surface area contributed by atoms with E-state index >= 15 is 0 Å². The van der Waals surface area contributed by atoms with Gasteiger partial charge in [-0.15, -0.1) is 6.58 Å². The second-order valence-corrected chi connectivity index (χ2v) is 6.72. The summed E-state index contributed by atoms with van der Waals surface area (Å²) in [5.41, 5.74) is 0.758. The molecule has 7 heteroatoms. The van der Waals surface area contributed by atoms with Crippen molar-refractivity contribution in [2.24, 2.45) is 0 Å². The molecule has 2 saturated heterocycles. The molecule has 4 heterocycles. The van der Waals surface area contributed by atoms with E-state index in [1.165, 1.54) is 6.33 Å². The van der Waals surface area contributed by atoms with Crippen LogP contribution in [0, 0.1) is 6.92 Å². The van der Waals surface area contributed by atoms with Gasteiger partial charge in [0.25, 0.3) is 0 Å². The van der Waals surface area contributed by atoms with Gasteiger partial charge in [-0.1, -0.05) is 6.08 Å². The summed E-state index contributed by atoms with van der Waals surface area (Å²) < 4.78 is 20.2. The first-order valence-corrected chi connectivity index (χ1v) is 7.98. The van der Waals surface area contributed by atoms with Crippen molar-refractivity contribution in [3.05, 3.63) is 36.9 Å². The van der Waals surface area contributed by atoms with Crippen molar-refractivity contribution in [2.75, 3.05) is 6.61 Å². The Morgan fingerprint density at radius 3 is 2.92 bits per heavy atom. The van der Waals surface area contributed by atoms with Gasteiger partial charge in [-0.2, -0.15) is 0 Å². The first-order chi connectivity index (χ1) is 11.4. The molecule has 0 amide bonds. The van der Waals surface area contributed by atoms with Crippen LogP contribution in [0.4, 0.5) is 0 Å². The standard InChI is InChI=1S/C17H21N3O4/c1-5-17-12(8-21)22-15(13(17)23-16(3,4)24-17)20-7-6-11-10(2)18-9-19-14(11)20/h5-7,9,12-13,15,21H,1,8H2,2-4H3/t12-,13+,15-,17-/m1/s1. The molecule has 2 aliphatic heterocycles. The molecule has 0 radical (unpaired) electrons. The Kier molecular flexibility index (Phi) is 3.34. The Morgan fingerprint density at radius 2 is 2.21 bits per heavy atom. The van der Waals surface area contributed by atoms with Crippen molar-refractivity contribution in [1.29, 1.82) is 0 Å². The molecule has 0 aliphatic carbocycles. The first kappa shape index (κ1) is 15.7. The molecule has 128 valence electrons. The maximum Gasteiger partial charge on any atom is 0.165 e. The minimum atomic E-state index is -0.901. The van der Waals surface area contributed by atoms with E-state index in [1.807, 2.05) is 37.6 Å². The topological polar surface area (TPSA) is 78.6 Å². The molecule has 0 unspecified atom stereocenters. The third kappa shape index (κ3) is 1.99. The van der Waals surface area contributed by atoms with Crippen LogP contribution in [0.2, 0.25) is 0 Å². The summed E-state index contributed by atoms with van der Waals surface area (Å²) in [6.45, 7) is 9.35. The molecule has 7 nitrogen and oxygen atoms in total. The van der Waals surface area contributed by atoms with Crippen LogP contribution in [-0.4, -0.2) is 49.8 Å². The quantitative estimate of drug-likeness (QED) is 0.863. The van der Waals surface area contributed by atoms with E-state index in [0.717, 1.165) is 16.7 Å². The highest BCUT2D eigenvalue weighted by Gasteiger charge is 2.65. The van der Waals surface area contributed by atoms with Crippen LogP contribution in [0.15, 0.2) is 31.2 Å². The molecule has 0 saturated carbocycles. The molecular weight excluding hydrogens is 310 g/mol. The smallest absolute Gasteiger partial charge is 0.165 e. The zero-order valence-electron chi connectivity index (χ0n) is 14.0. The predicted molar refractivity (Wildman–Crippen MR) is 86.2 cm³/mol. The molecule has 4 rings (SSSR count). The fraction of sp³-hybridized carbons (Fsp3) is 0.529. The van der Waals surface area contributed by atoms with Gasteiger partial charge in [0.1, 0.15) is 29.8 Å². The minimum Gasteiger partial charge on any atom is -0.394 e. The molecule has 2 fully saturated rings. The van der Waals surface area contributed by atoms with Crippen LogP contribution < -0.4 is 0 Å². The number of aliphatic hydroxyl groups is 1. The Hall–Kier alpha value is -1.80. The van der Waals surface area contributed by atoms with Crippen molar-refractivity contribution in [2.45, 2.75) is 50.6 Å². The summed E-state index contributed by atoms with van der Waals surface area (Å²) in [5, 5.41) is 10.8. The van der Waals surface area contributed by atoms with Gasteiger partial charge in [0.2, 0.25) is 0 Å². The number of hydrogen-bond donors (Lipinski definition) is 1. The van der Waals surface area contributed by atoms with Crippen molar-refractivity contribution in [3.8, 4) is 0 Å². The summed E-state index contributed by atoms with van der Waals surface area (Å²) in [6, 6.07) is 1.96. The SMILES string of the molecule is C=C[C@]12OC(C)(C)O[C@H]1[C@H](n1ccc3c(C)ncnc31)O[C@@H]2CO. The van der Waals surface area contributed by atoms with Gasteiger partial charge >= 0.3 is 0 Å². The van der Waals surface area contributed by atoms with E-state index in [9.17, 15) is 5.11 Å². The van der Waals surface area contributed by atoms with Crippen molar-refractivity contribution >= 4 is 11.0 Å². The van der Waals surface area contributed by atoms with E-state index in [1.54, 1.807) is 6.08 Å². The Bertz CT molecular complexity index is 802. The fourth-order valence-corrected chi connectivity index (χ4v) is 3.77. The molecule has 24 heavy (non-hydrogen) atoms. The lowest BCUT2D eigenvalue weighted by atomic mass is 9.92. The molecular formula is C17H21N3O4.